The Morgan fingerprint density at radius 1 is 1.21 bits per heavy atom. The van der Waals surface area contributed by atoms with Crippen LogP contribution >= 0.6 is 0 Å². The molecule has 0 radical (unpaired) electrons. The second-order valence-corrected chi connectivity index (χ2v) is 2.82. The maximum absolute atomic E-state index is 10.9. The molecular formula is C9H18N2O3. The van der Waals surface area contributed by atoms with Crippen LogP contribution in [0.3, 0.4) is 0 Å². The lowest BCUT2D eigenvalue weighted by molar-refractivity contribution is -0.140. The van der Waals surface area contributed by atoms with Crippen LogP contribution in [0.25, 0.3) is 0 Å². The van der Waals surface area contributed by atoms with Gasteiger partial charge in [-0.2, -0.15) is 0 Å². The molecule has 0 aromatic heterocycles. The van der Waals surface area contributed by atoms with E-state index in [-0.39, 0.29) is 12.0 Å². The van der Waals surface area contributed by atoms with E-state index in [2.05, 4.69) is 15.4 Å². The van der Waals surface area contributed by atoms with Crippen LogP contribution in [0.5, 0.6) is 0 Å². The molecule has 0 unspecified atom stereocenters. The number of unbranched alkanes of at least 4 members (excludes halogenated alkanes) is 1. The molecule has 0 rings (SSSR count). The molecule has 0 fully saturated rings. The van der Waals surface area contributed by atoms with E-state index in [9.17, 15) is 9.59 Å². The van der Waals surface area contributed by atoms with Gasteiger partial charge in [-0.3, -0.25) is 4.79 Å². The predicted octanol–water partition coefficient (Wildman–Crippen LogP) is 0.649. The van der Waals surface area contributed by atoms with Crippen LogP contribution in [-0.4, -0.2) is 32.2 Å². The van der Waals surface area contributed by atoms with Gasteiger partial charge < -0.3 is 15.4 Å². The van der Waals surface area contributed by atoms with Crippen molar-refractivity contribution in [3.63, 3.8) is 0 Å². The number of nitrogens with one attached hydrogen (secondary N) is 2. The Balaban J connectivity index is 3.21. The molecule has 0 spiro atoms. The van der Waals surface area contributed by atoms with Crippen LogP contribution < -0.4 is 10.6 Å². The Morgan fingerprint density at radius 3 is 2.50 bits per heavy atom. The molecule has 0 atom stereocenters. The van der Waals surface area contributed by atoms with Gasteiger partial charge in [0.05, 0.1) is 7.11 Å². The molecule has 0 aliphatic carbocycles. The highest BCUT2D eigenvalue weighted by molar-refractivity contribution is 5.73. The highest BCUT2D eigenvalue weighted by Gasteiger charge is 2.00. The molecule has 0 aliphatic heterocycles. The quantitative estimate of drug-likeness (QED) is 0.491. The molecule has 0 aromatic carbocycles. The monoisotopic (exact) mass is 202 g/mol. The van der Waals surface area contributed by atoms with Crippen molar-refractivity contribution in [2.24, 2.45) is 0 Å². The first kappa shape index (κ1) is 12.7. The summed E-state index contributed by atoms with van der Waals surface area (Å²) in [6.45, 7) is 3.06. The van der Waals surface area contributed by atoms with Crippen molar-refractivity contribution in [3.8, 4) is 0 Å². The van der Waals surface area contributed by atoms with Gasteiger partial charge in [0, 0.05) is 19.5 Å². The topological polar surface area (TPSA) is 67.4 Å². The lowest BCUT2D eigenvalue weighted by Crippen LogP contribution is -2.35. The van der Waals surface area contributed by atoms with Gasteiger partial charge in [0.25, 0.3) is 0 Å². The van der Waals surface area contributed by atoms with E-state index < -0.39 is 0 Å². The molecule has 82 valence electrons. The van der Waals surface area contributed by atoms with Crippen molar-refractivity contribution in [2.75, 3.05) is 20.2 Å². The molecule has 0 aromatic rings. The zero-order valence-electron chi connectivity index (χ0n) is 8.76. The second-order valence-electron chi connectivity index (χ2n) is 2.82. The SMILES string of the molecule is CCNC(=O)NCCCCC(=O)OC. The zero-order chi connectivity index (χ0) is 10.8. The van der Waals surface area contributed by atoms with Crippen LogP contribution in [0.4, 0.5) is 4.79 Å². The summed E-state index contributed by atoms with van der Waals surface area (Å²) in [6, 6.07) is -0.162. The van der Waals surface area contributed by atoms with Crippen LogP contribution in [0, 0.1) is 0 Å². The van der Waals surface area contributed by atoms with E-state index in [1.54, 1.807) is 0 Å². The third-order valence-electron chi connectivity index (χ3n) is 1.66. The largest absolute Gasteiger partial charge is 0.469 e. The standard InChI is InChI=1S/C9H18N2O3/c1-3-10-9(13)11-7-5-4-6-8(12)14-2/h3-7H2,1-2H3,(H2,10,11,13). The first-order valence-electron chi connectivity index (χ1n) is 4.79. The summed E-state index contributed by atoms with van der Waals surface area (Å²) in [5.74, 6) is -0.206. The van der Waals surface area contributed by atoms with Crippen molar-refractivity contribution in [1.29, 1.82) is 0 Å². The maximum atomic E-state index is 10.9. The van der Waals surface area contributed by atoms with Gasteiger partial charge in [0.15, 0.2) is 0 Å². The Labute approximate surface area is 84.2 Å². The normalized spacial score (nSPS) is 9.29. The average Bonchev–Trinajstić information content (AvgIpc) is 2.17. The number of amides is 2. The molecule has 2 amide bonds. The summed E-state index contributed by atoms with van der Waals surface area (Å²) in [5.41, 5.74) is 0. The molecule has 14 heavy (non-hydrogen) atoms. The first-order valence-corrected chi connectivity index (χ1v) is 4.79. The minimum absolute atomic E-state index is 0.162. The first-order chi connectivity index (χ1) is 6.70. The van der Waals surface area contributed by atoms with E-state index in [4.69, 9.17) is 0 Å². The minimum Gasteiger partial charge on any atom is -0.469 e. The van der Waals surface area contributed by atoms with E-state index in [1.165, 1.54) is 7.11 Å². The number of esters is 1. The van der Waals surface area contributed by atoms with Gasteiger partial charge in [0.2, 0.25) is 0 Å². The van der Waals surface area contributed by atoms with Crippen molar-refractivity contribution in [2.45, 2.75) is 26.2 Å². The summed E-state index contributed by atoms with van der Waals surface area (Å²) in [6.07, 6.45) is 1.93. The molecule has 0 aliphatic rings. The third-order valence-corrected chi connectivity index (χ3v) is 1.66. The molecule has 0 bridgehead atoms. The fraction of sp³-hybridized carbons (Fsp3) is 0.778. The van der Waals surface area contributed by atoms with Crippen LogP contribution in [0.1, 0.15) is 26.2 Å². The summed E-state index contributed by atoms with van der Waals surface area (Å²) in [4.78, 5) is 21.6. The molecule has 0 saturated carbocycles. The van der Waals surface area contributed by atoms with Crippen molar-refractivity contribution in [1.82, 2.24) is 10.6 Å². The van der Waals surface area contributed by atoms with Crippen molar-refractivity contribution >= 4 is 12.0 Å². The number of urea groups is 1. The number of rotatable bonds is 6. The lowest BCUT2D eigenvalue weighted by atomic mass is 10.2. The molecule has 5 nitrogen and oxygen atoms in total. The Kier molecular flexibility index (Phi) is 7.59. The summed E-state index contributed by atoms with van der Waals surface area (Å²) >= 11 is 0. The van der Waals surface area contributed by atoms with Crippen LogP contribution in [0.2, 0.25) is 0 Å². The lowest BCUT2D eigenvalue weighted by Gasteiger charge is -2.04. The summed E-state index contributed by atoms with van der Waals surface area (Å²) in [5, 5.41) is 5.29. The fourth-order valence-electron chi connectivity index (χ4n) is 0.921. The Bertz CT molecular complexity index is 183. The fourth-order valence-corrected chi connectivity index (χ4v) is 0.921. The number of carbonyl (C=O) groups is 2. The van der Waals surface area contributed by atoms with Crippen LogP contribution in [-0.2, 0) is 9.53 Å². The molecule has 2 N–H and O–H groups in total. The summed E-state index contributed by atoms with van der Waals surface area (Å²) < 4.78 is 4.48. The van der Waals surface area contributed by atoms with Gasteiger partial charge in [0.1, 0.15) is 0 Å². The molecule has 0 heterocycles. The van der Waals surface area contributed by atoms with Gasteiger partial charge >= 0.3 is 12.0 Å². The number of ether oxygens (including phenoxy) is 1. The van der Waals surface area contributed by atoms with Gasteiger partial charge in [-0.15, -0.1) is 0 Å². The second kappa shape index (κ2) is 8.34. The molecular weight excluding hydrogens is 184 g/mol. The van der Waals surface area contributed by atoms with Gasteiger partial charge in [-0.25, -0.2) is 4.79 Å². The van der Waals surface area contributed by atoms with Crippen LogP contribution in [0.15, 0.2) is 0 Å². The smallest absolute Gasteiger partial charge is 0.314 e. The van der Waals surface area contributed by atoms with E-state index >= 15 is 0 Å². The molecule has 5 heteroatoms. The van der Waals surface area contributed by atoms with Crippen molar-refractivity contribution in [3.05, 3.63) is 0 Å². The Hall–Kier alpha value is -1.26. The Morgan fingerprint density at radius 2 is 1.93 bits per heavy atom. The summed E-state index contributed by atoms with van der Waals surface area (Å²) in [7, 11) is 1.37. The number of hydrogen-bond acceptors (Lipinski definition) is 3. The highest BCUT2D eigenvalue weighted by Crippen LogP contribution is 1.95. The van der Waals surface area contributed by atoms with Crippen molar-refractivity contribution < 1.29 is 14.3 Å². The average molecular weight is 202 g/mol. The maximum Gasteiger partial charge on any atom is 0.314 e. The van der Waals surface area contributed by atoms with E-state index in [1.807, 2.05) is 6.92 Å². The zero-order valence-corrected chi connectivity index (χ0v) is 8.76. The van der Waals surface area contributed by atoms with E-state index in [0.29, 0.717) is 19.5 Å². The minimum atomic E-state index is -0.206. The predicted molar refractivity (Wildman–Crippen MR) is 52.9 cm³/mol. The van der Waals surface area contributed by atoms with Gasteiger partial charge in [-0.1, -0.05) is 0 Å². The van der Waals surface area contributed by atoms with Gasteiger partial charge in [-0.05, 0) is 19.8 Å². The number of methoxy groups -OCH3 is 1. The number of carbonyl (C=O) groups excluding carboxylic acids is 2. The van der Waals surface area contributed by atoms with E-state index in [0.717, 1.165) is 12.8 Å². The highest BCUT2D eigenvalue weighted by atomic mass is 16.5. The molecule has 0 saturated heterocycles. The third kappa shape index (κ3) is 7.39. The number of hydrogen-bond donors (Lipinski definition) is 2.